The molecule has 3 aromatic rings. The molecule has 0 aliphatic carbocycles. The highest BCUT2D eigenvalue weighted by Crippen LogP contribution is 2.38. The van der Waals surface area contributed by atoms with E-state index >= 15 is 0 Å². The van der Waals surface area contributed by atoms with E-state index in [1.165, 1.54) is 0 Å². The van der Waals surface area contributed by atoms with Gasteiger partial charge in [-0.2, -0.15) is 13.2 Å². The SMILES string of the molecule is CC(=O)Oc1c(C(=O)Nc2ccccc2CN)cccc1C(F)(F)F.Clc1cccc(Cl)c1. The molecule has 0 fully saturated rings. The number of amides is 1. The summed E-state index contributed by atoms with van der Waals surface area (Å²) in [5.74, 6) is -2.64. The second-order valence-electron chi connectivity index (χ2n) is 6.53. The molecule has 5 nitrogen and oxygen atoms in total. The zero-order valence-corrected chi connectivity index (χ0v) is 18.8. The highest BCUT2D eigenvalue weighted by molar-refractivity contribution is 6.34. The fourth-order valence-corrected chi connectivity index (χ4v) is 3.10. The third kappa shape index (κ3) is 7.78. The molecule has 0 radical (unpaired) electrons. The summed E-state index contributed by atoms with van der Waals surface area (Å²) >= 11 is 11.1. The first-order valence-electron chi connectivity index (χ1n) is 9.42. The van der Waals surface area contributed by atoms with Crippen molar-refractivity contribution >= 4 is 40.8 Å². The minimum Gasteiger partial charge on any atom is -0.425 e. The second kappa shape index (κ2) is 11.7. The first kappa shape index (κ1) is 26.2. The number of ether oxygens (including phenoxy) is 1. The van der Waals surface area contributed by atoms with Crippen molar-refractivity contribution in [1.82, 2.24) is 0 Å². The summed E-state index contributed by atoms with van der Waals surface area (Å²) < 4.78 is 44.1. The third-order valence-electron chi connectivity index (χ3n) is 4.08. The Hall–Kier alpha value is -3.07. The Labute approximate surface area is 198 Å². The maximum atomic E-state index is 13.1. The van der Waals surface area contributed by atoms with Crippen LogP contribution in [0.4, 0.5) is 18.9 Å². The molecule has 0 bridgehead atoms. The number of esters is 1. The number of nitrogens with two attached hydrogens (primary N) is 1. The molecule has 3 aromatic carbocycles. The van der Waals surface area contributed by atoms with Crippen LogP contribution in [-0.2, 0) is 17.5 Å². The normalized spacial score (nSPS) is 10.6. The molecule has 0 aliphatic heterocycles. The molecule has 1 amide bonds. The average molecular weight is 499 g/mol. The largest absolute Gasteiger partial charge is 0.425 e. The molecular weight excluding hydrogens is 480 g/mol. The standard InChI is InChI=1S/C17H15F3N2O3.C6H4Cl2/c1-10(23)25-15-12(6-4-7-13(15)17(18,19)20)16(24)22-14-8-3-2-5-11(14)9-21;7-5-2-1-3-6(8)4-5/h2-8H,9,21H2,1H3,(H,22,24);1-4H. The van der Waals surface area contributed by atoms with Gasteiger partial charge in [-0.3, -0.25) is 9.59 Å². The number of alkyl halides is 3. The number of benzene rings is 3. The number of carbonyl (C=O) groups is 2. The van der Waals surface area contributed by atoms with Gasteiger partial charge in [-0.1, -0.05) is 53.5 Å². The smallest absolute Gasteiger partial charge is 0.420 e. The van der Waals surface area contributed by atoms with Crippen molar-refractivity contribution < 1.29 is 27.5 Å². The van der Waals surface area contributed by atoms with Crippen LogP contribution in [0, 0.1) is 0 Å². The number of anilines is 1. The molecule has 0 saturated heterocycles. The van der Waals surface area contributed by atoms with Crippen LogP contribution in [0.25, 0.3) is 0 Å². The lowest BCUT2D eigenvalue weighted by Crippen LogP contribution is -2.19. The summed E-state index contributed by atoms with van der Waals surface area (Å²) in [7, 11) is 0. The van der Waals surface area contributed by atoms with E-state index in [4.69, 9.17) is 28.9 Å². The van der Waals surface area contributed by atoms with Crippen molar-refractivity contribution in [2.24, 2.45) is 5.73 Å². The Kier molecular flexibility index (Phi) is 9.28. The predicted octanol–water partition coefficient (Wildman–Crippen LogP) is 6.34. The van der Waals surface area contributed by atoms with Crippen LogP contribution in [0.15, 0.2) is 66.7 Å². The summed E-state index contributed by atoms with van der Waals surface area (Å²) in [6, 6.07) is 16.6. The van der Waals surface area contributed by atoms with Gasteiger partial charge in [0, 0.05) is 29.2 Å². The molecule has 0 unspecified atom stereocenters. The molecule has 0 heterocycles. The fraction of sp³-hybridized carbons (Fsp3) is 0.130. The summed E-state index contributed by atoms with van der Waals surface area (Å²) in [6.45, 7) is 1.09. The van der Waals surface area contributed by atoms with Gasteiger partial charge in [0.05, 0.1) is 11.1 Å². The Morgan fingerprint density at radius 3 is 2.09 bits per heavy atom. The highest BCUT2D eigenvalue weighted by Gasteiger charge is 2.37. The zero-order chi connectivity index (χ0) is 24.6. The minimum absolute atomic E-state index is 0.135. The van der Waals surface area contributed by atoms with Gasteiger partial charge in [0.1, 0.15) is 0 Å². The van der Waals surface area contributed by atoms with Gasteiger partial charge in [-0.05, 0) is 42.0 Å². The highest BCUT2D eigenvalue weighted by atomic mass is 35.5. The Balaban J connectivity index is 0.000000405. The number of nitrogens with one attached hydrogen (secondary N) is 1. The predicted molar refractivity (Wildman–Crippen MR) is 122 cm³/mol. The number of para-hydroxylation sites is 2. The van der Waals surface area contributed by atoms with Crippen LogP contribution < -0.4 is 15.8 Å². The van der Waals surface area contributed by atoms with E-state index in [-0.39, 0.29) is 6.54 Å². The molecule has 3 N–H and O–H groups in total. The van der Waals surface area contributed by atoms with Crippen LogP contribution in [0.5, 0.6) is 5.75 Å². The van der Waals surface area contributed by atoms with E-state index in [0.29, 0.717) is 21.3 Å². The molecule has 10 heteroatoms. The first-order chi connectivity index (χ1) is 15.5. The van der Waals surface area contributed by atoms with E-state index in [1.54, 1.807) is 42.5 Å². The number of hydrogen-bond acceptors (Lipinski definition) is 4. The number of rotatable bonds is 4. The summed E-state index contributed by atoms with van der Waals surface area (Å²) in [6.07, 6.45) is -4.78. The van der Waals surface area contributed by atoms with Gasteiger partial charge in [0.2, 0.25) is 0 Å². The lowest BCUT2D eigenvalue weighted by Gasteiger charge is -2.16. The monoisotopic (exact) mass is 498 g/mol. The molecule has 0 spiro atoms. The van der Waals surface area contributed by atoms with Gasteiger partial charge in [0.25, 0.3) is 5.91 Å². The Morgan fingerprint density at radius 1 is 0.970 bits per heavy atom. The second-order valence-corrected chi connectivity index (χ2v) is 7.40. The lowest BCUT2D eigenvalue weighted by atomic mass is 10.1. The minimum atomic E-state index is -4.78. The molecule has 0 saturated carbocycles. The van der Waals surface area contributed by atoms with Crippen molar-refractivity contribution in [3.05, 3.63) is 93.5 Å². The molecule has 33 heavy (non-hydrogen) atoms. The van der Waals surface area contributed by atoms with Crippen LogP contribution >= 0.6 is 23.2 Å². The molecule has 0 aliphatic rings. The van der Waals surface area contributed by atoms with Gasteiger partial charge in [0.15, 0.2) is 5.75 Å². The molecular formula is C23H19Cl2F3N2O3. The molecule has 3 rings (SSSR count). The summed E-state index contributed by atoms with van der Waals surface area (Å²) in [4.78, 5) is 23.6. The number of carbonyl (C=O) groups excluding carboxylic acids is 2. The van der Waals surface area contributed by atoms with Gasteiger partial charge in [-0.15, -0.1) is 0 Å². The van der Waals surface area contributed by atoms with Crippen molar-refractivity contribution in [2.45, 2.75) is 19.6 Å². The van der Waals surface area contributed by atoms with Gasteiger partial charge >= 0.3 is 12.1 Å². The average Bonchev–Trinajstić information content (AvgIpc) is 2.73. The maximum Gasteiger partial charge on any atom is 0.420 e. The van der Waals surface area contributed by atoms with Crippen LogP contribution in [0.2, 0.25) is 10.0 Å². The van der Waals surface area contributed by atoms with Crippen LogP contribution in [0.3, 0.4) is 0 Å². The van der Waals surface area contributed by atoms with E-state index < -0.39 is 34.9 Å². The van der Waals surface area contributed by atoms with E-state index in [0.717, 1.165) is 25.1 Å². The topological polar surface area (TPSA) is 81.4 Å². The number of halogens is 5. The Morgan fingerprint density at radius 2 is 1.58 bits per heavy atom. The van der Waals surface area contributed by atoms with Crippen LogP contribution in [-0.4, -0.2) is 11.9 Å². The van der Waals surface area contributed by atoms with E-state index in [1.807, 2.05) is 6.07 Å². The summed E-state index contributed by atoms with van der Waals surface area (Å²) in [5.41, 5.74) is 4.93. The summed E-state index contributed by atoms with van der Waals surface area (Å²) in [5, 5.41) is 3.85. The van der Waals surface area contributed by atoms with Gasteiger partial charge in [-0.25, -0.2) is 0 Å². The zero-order valence-electron chi connectivity index (χ0n) is 17.2. The van der Waals surface area contributed by atoms with Crippen molar-refractivity contribution in [1.29, 1.82) is 0 Å². The number of hydrogen-bond donors (Lipinski definition) is 2. The van der Waals surface area contributed by atoms with Crippen molar-refractivity contribution in [2.75, 3.05) is 5.32 Å². The van der Waals surface area contributed by atoms with E-state index in [9.17, 15) is 22.8 Å². The van der Waals surface area contributed by atoms with Crippen molar-refractivity contribution in [3.8, 4) is 5.75 Å². The Bertz CT molecular complexity index is 1120. The molecule has 0 atom stereocenters. The fourth-order valence-electron chi connectivity index (χ4n) is 2.66. The van der Waals surface area contributed by atoms with E-state index in [2.05, 4.69) is 10.1 Å². The van der Waals surface area contributed by atoms with Crippen molar-refractivity contribution in [3.63, 3.8) is 0 Å². The lowest BCUT2D eigenvalue weighted by molar-refractivity contribution is -0.141. The first-order valence-corrected chi connectivity index (χ1v) is 10.2. The quantitative estimate of drug-likeness (QED) is 0.325. The van der Waals surface area contributed by atoms with Gasteiger partial charge < -0.3 is 15.8 Å². The molecule has 174 valence electrons. The molecule has 0 aromatic heterocycles. The third-order valence-corrected chi connectivity index (χ3v) is 4.55. The van der Waals surface area contributed by atoms with Crippen LogP contribution in [0.1, 0.15) is 28.4 Å². The maximum absolute atomic E-state index is 13.1.